The van der Waals surface area contributed by atoms with E-state index in [0.717, 1.165) is 11.3 Å². The lowest BCUT2D eigenvalue weighted by Gasteiger charge is -2.11. The molecule has 19 heavy (non-hydrogen) atoms. The first-order chi connectivity index (χ1) is 9.20. The van der Waals surface area contributed by atoms with Crippen LogP contribution in [0.2, 0.25) is 0 Å². The zero-order chi connectivity index (χ0) is 13.7. The van der Waals surface area contributed by atoms with Crippen LogP contribution >= 0.6 is 0 Å². The third-order valence-electron chi connectivity index (χ3n) is 2.96. The van der Waals surface area contributed by atoms with Crippen LogP contribution in [0.1, 0.15) is 34.6 Å². The van der Waals surface area contributed by atoms with Gasteiger partial charge in [0.2, 0.25) is 0 Å². The number of ether oxygens (including phenoxy) is 1. The Hall–Kier alpha value is -2.07. The van der Waals surface area contributed by atoms with Gasteiger partial charge in [-0.25, -0.2) is 4.79 Å². The SMILES string of the molecule is COC(=O)c1ccc(CNC(C)c2ccco2)cc1. The van der Waals surface area contributed by atoms with E-state index in [0.29, 0.717) is 12.1 Å². The summed E-state index contributed by atoms with van der Waals surface area (Å²) in [5.74, 6) is 0.592. The highest BCUT2D eigenvalue weighted by Crippen LogP contribution is 2.13. The van der Waals surface area contributed by atoms with Crippen molar-refractivity contribution in [3.63, 3.8) is 0 Å². The molecule has 4 nitrogen and oxygen atoms in total. The van der Waals surface area contributed by atoms with E-state index >= 15 is 0 Å². The van der Waals surface area contributed by atoms with Gasteiger partial charge < -0.3 is 14.5 Å². The maximum absolute atomic E-state index is 11.3. The molecule has 0 spiro atoms. The van der Waals surface area contributed by atoms with Gasteiger partial charge in [0.1, 0.15) is 5.76 Å². The van der Waals surface area contributed by atoms with Crippen LogP contribution in [0.5, 0.6) is 0 Å². The van der Waals surface area contributed by atoms with E-state index < -0.39 is 0 Å². The Balaban J connectivity index is 1.91. The normalized spacial score (nSPS) is 12.1. The molecule has 100 valence electrons. The molecule has 2 aromatic rings. The van der Waals surface area contributed by atoms with Crippen LogP contribution in [-0.2, 0) is 11.3 Å². The van der Waals surface area contributed by atoms with Crippen molar-refractivity contribution in [2.75, 3.05) is 7.11 Å². The lowest BCUT2D eigenvalue weighted by atomic mass is 10.1. The monoisotopic (exact) mass is 259 g/mol. The molecule has 0 aliphatic heterocycles. The molecule has 0 saturated heterocycles. The van der Waals surface area contributed by atoms with Crippen LogP contribution in [0.3, 0.4) is 0 Å². The van der Waals surface area contributed by atoms with Crippen molar-refractivity contribution in [1.29, 1.82) is 0 Å². The molecule has 4 heteroatoms. The number of carbonyl (C=O) groups excluding carboxylic acids is 1. The van der Waals surface area contributed by atoms with Crippen molar-refractivity contribution in [1.82, 2.24) is 5.32 Å². The molecule has 1 aromatic heterocycles. The fourth-order valence-corrected chi connectivity index (χ4v) is 1.79. The van der Waals surface area contributed by atoms with E-state index in [1.165, 1.54) is 7.11 Å². The standard InChI is InChI=1S/C15H17NO3/c1-11(14-4-3-9-19-14)16-10-12-5-7-13(8-6-12)15(17)18-2/h3-9,11,16H,10H2,1-2H3. The van der Waals surface area contributed by atoms with Gasteiger partial charge in [0, 0.05) is 6.54 Å². The van der Waals surface area contributed by atoms with Gasteiger partial charge in [-0.1, -0.05) is 12.1 Å². The molecule has 0 saturated carbocycles. The molecule has 0 bridgehead atoms. The average Bonchev–Trinajstić information content (AvgIpc) is 2.98. The molecule has 1 atom stereocenters. The topological polar surface area (TPSA) is 51.5 Å². The van der Waals surface area contributed by atoms with Crippen molar-refractivity contribution >= 4 is 5.97 Å². The van der Waals surface area contributed by atoms with E-state index in [2.05, 4.69) is 10.1 Å². The number of carbonyl (C=O) groups is 1. The number of esters is 1. The fraction of sp³-hybridized carbons (Fsp3) is 0.267. The predicted octanol–water partition coefficient (Wildman–Crippen LogP) is 2.92. The van der Waals surface area contributed by atoms with Crippen LogP contribution in [0, 0.1) is 0 Å². The summed E-state index contributed by atoms with van der Waals surface area (Å²) in [6.45, 7) is 2.75. The van der Waals surface area contributed by atoms with Crippen molar-refractivity contribution in [2.24, 2.45) is 0 Å². The molecule has 1 N–H and O–H groups in total. The lowest BCUT2D eigenvalue weighted by molar-refractivity contribution is 0.0600. The summed E-state index contributed by atoms with van der Waals surface area (Å²) in [7, 11) is 1.38. The van der Waals surface area contributed by atoms with E-state index in [9.17, 15) is 4.79 Å². The fourth-order valence-electron chi connectivity index (χ4n) is 1.79. The van der Waals surface area contributed by atoms with Crippen LogP contribution in [0.15, 0.2) is 47.1 Å². The average molecular weight is 259 g/mol. The van der Waals surface area contributed by atoms with Gasteiger partial charge in [0.15, 0.2) is 0 Å². The van der Waals surface area contributed by atoms with E-state index in [1.807, 2.05) is 31.2 Å². The number of hydrogen-bond acceptors (Lipinski definition) is 4. The second-order valence-corrected chi connectivity index (χ2v) is 4.31. The summed E-state index contributed by atoms with van der Waals surface area (Å²) in [5.41, 5.74) is 1.66. The van der Waals surface area contributed by atoms with E-state index in [-0.39, 0.29) is 12.0 Å². The van der Waals surface area contributed by atoms with Gasteiger partial charge in [-0.15, -0.1) is 0 Å². The summed E-state index contributed by atoms with van der Waals surface area (Å²) < 4.78 is 9.98. The number of hydrogen-bond donors (Lipinski definition) is 1. The molecule has 1 heterocycles. The largest absolute Gasteiger partial charge is 0.468 e. The molecule has 2 rings (SSSR count). The highest BCUT2D eigenvalue weighted by atomic mass is 16.5. The van der Waals surface area contributed by atoms with Gasteiger partial charge in [-0.3, -0.25) is 0 Å². The Morgan fingerprint density at radius 2 is 2.05 bits per heavy atom. The summed E-state index contributed by atoms with van der Waals surface area (Å²) in [6, 6.07) is 11.3. The Kier molecular flexibility index (Phi) is 4.36. The molecular formula is C15H17NO3. The van der Waals surface area contributed by atoms with Gasteiger partial charge in [0.05, 0.1) is 25.0 Å². The number of benzene rings is 1. The van der Waals surface area contributed by atoms with E-state index in [1.54, 1.807) is 18.4 Å². The third kappa shape index (κ3) is 3.45. The highest BCUT2D eigenvalue weighted by molar-refractivity contribution is 5.89. The van der Waals surface area contributed by atoms with Crippen molar-refractivity contribution in [2.45, 2.75) is 19.5 Å². The minimum Gasteiger partial charge on any atom is -0.468 e. The molecule has 0 radical (unpaired) electrons. The number of rotatable bonds is 5. The highest BCUT2D eigenvalue weighted by Gasteiger charge is 2.08. The lowest BCUT2D eigenvalue weighted by Crippen LogP contribution is -2.17. The quantitative estimate of drug-likeness (QED) is 0.839. The first-order valence-electron chi connectivity index (χ1n) is 6.14. The van der Waals surface area contributed by atoms with Crippen molar-refractivity contribution in [3.8, 4) is 0 Å². The maximum atomic E-state index is 11.3. The predicted molar refractivity (Wildman–Crippen MR) is 71.7 cm³/mol. The maximum Gasteiger partial charge on any atom is 0.337 e. The minimum atomic E-state index is -0.316. The van der Waals surface area contributed by atoms with Crippen molar-refractivity contribution in [3.05, 3.63) is 59.5 Å². The number of nitrogens with one attached hydrogen (secondary N) is 1. The zero-order valence-corrected chi connectivity index (χ0v) is 11.1. The molecule has 1 aromatic carbocycles. The van der Waals surface area contributed by atoms with Crippen LogP contribution in [-0.4, -0.2) is 13.1 Å². The smallest absolute Gasteiger partial charge is 0.337 e. The number of furan rings is 1. The Bertz CT molecular complexity index is 517. The second-order valence-electron chi connectivity index (χ2n) is 4.31. The van der Waals surface area contributed by atoms with E-state index in [4.69, 9.17) is 4.42 Å². The minimum absolute atomic E-state index is 0.148. The third-order valence-corrected chi connectivity index (χ3v) is 2.96. The van der Waals surface area contributed by atoms with Crippen molar-refractivity contribution < 1.29 is 13.9 Å². The van der Waals surface area contributed by atoms with Crippen LogP contribution in [0.25, 0.3) is 0 Å². The summed E-state index contributed by atoms with van der Waals surface area (Å²) >= 11 is 0. The molecule has 0 aliphatic carbocycles. The molecule has 0 fully saturated rings. The van der Waals surface area contributed by atoms with Gasteiger partial charge >= 0.3 is 5.97 Å². The number of methoxy groups -OCH3 is 1. The zero-order valence-electron chi connectivity index (χ0n) is 11.1. The molecule has 1 unspecified atom stereocenters. The van der Waals surface area contributed by atoms with Crippen LogP contribution in [0.4, 0.5) is 0 Å². The molecular weight excluding hydrogens is 242 g/mol. The first-order valence-corrected chi connectivity index (χ1v) is 6.14. The van der Waals surface area contributed by atoms with Crippen LogP contribution < -0.4 is 5.32 Å². The second kappa shape index (κ2) is 6.20. The summed E-state index contributed by atoms with van der Waals surface area (Å²) in [6.07, 6.45) is 1.67. The van der Waals surface area contributed by atoms with Gasteiger partial charge in [0.25, 0.3) is 0 Å². The first kappa shape index (κ1) is 13.4. The Morgan fingerprint density at radius 3 is 2.63 bits per heavy atom. The molecule has 0 aliphatic rings. The molecule has 0 amide bonds. The summed E-state index contributed by atoms with van der Waals surface area (Å²) in [5, 5.41) is 3.35. The van der Waals surface area contributed by atoms with Gasteiger partial charge in [-0.2, -0.15) is 0 Å². The summed E-state index contributed by atoms with van der Waals surface area (Å²) in [4.78, 5) is 11.3. The Labute approximate surface area is 112 Å². The Morgan fingerprint density at radius 1 is 1.32 bits per heavy atom. The van der Waals surface area contributed by atoms with Gasteiger partial charge in [-0.05, 0) is 36.8 Å².